The van der Waals surface area contributed by atoms with Crippen LogP contribution in [0, 0.1) is 0 Å². The lowest BCUT2D eigenvalue weighted by Gasteiger charge is -2.08. The average molecular weight is 353 g/mol. The van der Waals surface area contributed by atoms with E-state index in [1.807, 2.05) is 30.3 Å². The zero-order valence-electron chi connectivity index (χ0n) is 13.8. The highest BCUT2D eigenvalue weighted by Gasteiger charge is 2.20. The number of carbonyl (C=O) groups is 1. The molecule has 0 aliphatic heterocycles. The Morgan fingerprint density at radius 3 is 2.84 bits per heavy atom. The Morgan fingerprint density at radius 1 is 1.12 bits per heavy atom. The van der Waals surface area contributed by atoms with E-state index >= 15 is 0 Å². The van der Waals surface area contributed by atoms with Crippen LogP contribution in [0.2, 0.25) is 0 Å². The maximum atomic E-state index is 12.1. The maximum Gasteiger partial charge on any atom is 0.262 e. The third-order valence-corrected chi connectivity index (χ3v) is 5.56. The molecule has 2 heterocycles. The number of anilines is 1. The summed E-state index contributed by atoms with van der Waals surface area (Å²) in [6, 6.07) is 9.36. The van der Waals surface area contributed by atoms with Gasteiger partial charge >= 0.3 is 0 Å². The van der Waals surface area contributed by atoms with Crippen molar-refractivity contribution in [1.82, 2.24) is 9.97 Å². The molecule has 1 aromatic carbocycles. The minimum absolute atomic E-state index is 0.0639. The van der Waals surface area contributed by atoms with Gasteiger partial charge in [-0.15, -0.1) is 11.3 Å². The quantitative estimate of drug-likeness (QED) is 0.721. The van der Waals surface area contributed by atoms with E-state index in [9.17, 15) is 4.79 Å². The summed E-state index contributed by atoms with van der Waals surface area (Å²) >= 11 is 1.73. The minimum atomic E-state index is -0.195. The summed E-state index contributed by atoms with van der Waals surface area (Å²) in [7, 11) is 0. The van der Waals surface area contributed by atoms with Gasteiger partial charge in [0.2, 0.25) is 5.88 Å². The van der Waals surface area contributed by atoms with Gasteiger partial charge in [0.05, 0.1) is 5.39 Å². The predicted molar refractivity (Wildman–Crippen MR) is 99.2 cm³/mol. The first-order chi connectivity index (χ1) is 12.3. The van der Waals surface area contributed by atoms with Crippen molar-refractivity contribution >= 4 is 33.1 Å². The molecule has 0 fully saturated rings. The standard InChI is InChI=1S/C19H19N3O2S/c23-16(22-13-7-3-1-4-8-13)11-24-18-17-14-9-5-2-6-10-15(14)25-19(17)21-12-20-18/h1,3-4,7-8,12H,2,5-6,9-11H2,(H,22,23). The first-order valence-electron chi connectivity index (χ1n) is 8.54. The molecular formula is C19H19N3O2S. The van der Waals surface area contributed by atoms with Crippen LogP contribution in [-0.2, 0) is 17.6 Å². The molecule has 1 aliphatic carbocycles. The number of fused-ring (bicyclic) bond motifs is 3. The number of rotatable bonds is 4. The van der Waals surface area contributed by atoms with Crippen LogP contribution in [0.1, 0.15) is 29.7 Å². The van der Waals surface area contributed by atoms with E-state index < -0.39 is 0 Å². The van der Waals surface area contributed by atoms with Crippen LogP contribution in [0.15, 0.2) is 36.7 Å². The van der Waals surface area contributed by atoms with Crippen molar-refractivity contribution < 1.29 is 9.53 Å². The Bertz CT molecular complexity index is 892. The molecule has 6 heteroatoms. The summed E-state index contributed by atoms with van der Waals surface area (Å²) in [5, 5.41) is 3.82. The first-order valence-corrected chi connectivity index (χ1v) is 9.36. The van der Waals surface area contributed by atoms with Crippen LogP contribution in [0.3, 0.4) is 0 Å². The molecule has 1 aliphatic rings. The van der Waals surface area contributed by atoms with Gasteiger partial charge in [0.1, 0.15) is 11.2 Å². The molecule has 5 nitrogen and oxygen atoms in total. The van der Waals surface area contributed by atoms with Crippen LogP contribution in [0.25, 0.3) is 10.2 Å². The normalized spacial score (nSPS) is 13.9. The Labute approximate surface area is 150 Å². The van der Waals surface area contributed by atoms with Crippen LogP contribution in [0.5, 0.6) is 5.88 Å². The van der Waals surface area contributed by atoms with Crippen molar-refractivity contribution in [2.45, 2.75) is 32.1 Å². The molecule has 0 bridgehead atoms. The van der Waals surface area contributed by atoms with Crippen molar-refractivity contribution in [3.8, 4) is 5.88 Å². The molecule has 4 rings (SSSR count). The Balaban J connectivity index is 1.53. The Morgan fingerprint density at radius 2 is 1.96 bits per heavy atom. The first kappa shape index (κ1) is 16.0. The number of hydrogen-bond donors (Lipinski definition) is 1. The Kier molecular flexibility index (Phi) is 4.61. The molecule has 0 spiro atoms. The molecular weight excluding hydrogens is 334 g/mol. The topological polar surface area (TPSA) is 64.1 Å². The summed E-state index contributed by atoms with van der Waals surface area (Å²) in [4.78, 5) is 23.2. The number of carbonyl (C=O) groups excluding carboxylic acids is 1. The van der Waals surface area contributed by atoms with E-state index in [0.717, 1.165) is 28.7 Å². The van der Waals surface area contributed by atoms with E-state index in [2.05, 4.69) is 15.3 Å². The fraction of sp³-hybridized carbons (Fsp3) is 0.316. The molecule has 3 aromatic rings. The van der Waals surface area contributed by atoms with Gasteiger partial charge in [-0.05, 0) is 43.4 Å². The molecule has 1 amide bonds. The maximum absolute atomic E-state index is 12.1. The fourth-order valence-electron chi connectivity index (χ4n) is 3.20. The van der Waals surface area contributed by atoms with Gasteiger partial charge in [-0.3, -0.25) is 4.79 Å². The molecule has 2 aromatic heterocycles. The Hall–Kier alpha value is -2.47. The minimum Gasteiger partial charge on any atom is -0.467 e. The second-order valence-corrected chi connectivity index (χ2v) is 7.21. The second-order valence-electron chi connectivity index (χ2n) is 6.13. The number of thiophene rings is 1. The number of aromatic nitrogens is 2. The van der Waals surface area contributed by atoms with Gasteiger partial charge < -0.3 is 10.1 Å². The van der Waals surface area contributed by atoms with E-state index in [4.69, 9.17) is 4.74 Å². The third kappa shape index (κ3) is 3.49. The summed E-state index contributed by atoms with van der Waals surface area (Å²) in [6.07, 6.45) is 7.32. The number of nitrogens with one attached hydrogen (secondary N) is 1. The van der Waals surface area contributed by atoms with Crippen LogP contribution < -0.4 is 10.1 Å². The van der Waals surface area contributed by atoms with Crippen molar-refractivity contribution in [3.05, 3.63) is 47.1 Å². The van der Waals surface area contributed by atoms with Gasteiger partial charge in [-0.1, -0.05) is 24.6 Å². The van der Waals surface area contributed by atoms with Crippen molar-refractivity contribution in [1.29, 1.82) is 0 Å². The highest BCUT2D eigenvalue weighted by atomic mass is 32.1. The molecule has 128 valence electrons. The van der Waals surface area contributed by atoms with Crippen molar-refractivity contribution in [3.63, 3.8) is 0 Å². The van der Waals surface area contributed by atoms with Gasteiger partial charge in [-0.2, -0.15) is 0 Å². The van der Waals surface area contributed by atoms with Crippen LogP contribution in [0.4, 0.5) is 5.69 Å². The average Bonchev–Trinajstić information content (AvgIpc) is 2.83. The van der Waals surface area contributed by atoms with Gasteiger partial charge in [0, 0.05) is 10.6 Å². The van der Waals surface area contributed by atoms with Crippen LogP contribution >= 0.6 is 11.3 Å². The van der Waals surface area contributed by atoms with Gasteiger partial charge in [0.15, 0.2) is 6.61 Å². The molecule has 0 radical (unpaired) electrons. The number of hydrogen-bond acceptors (Lipinski definition) is 5. The third-order valence-electron chi connectivity index (χ3n) is 4.36. The molecule has 0 unspecified atom stereocenters. The van der Waals surface area contributed by atoms with Crippen LogP contribution in [-0.4, -0.2) is 22.5 Å². The van der Waals surface area contributed by atoms with Crippen molar-refractivity contribution in [2.24, 2.45) is 0 Å². The lowest BCUT2D eigenvalue weighted by Crippen LogP contribution is -2.20. The summed E-state index contributed by atoms with van der Waals surface area (Å²) < 4.78 is 5.76. The summed E-state index contributed by atoms with van der Waals surface area (Å²) in [5.41, 5.74) is 2.07. The lowest BCUT2D eigenvalue weighted by atomic mass is 10.1. The van der Waals surface area contributed by atoms with E-state index in [-0.39, 0.29) is 12.5 Å². The predicted octanol–water partition coefficient (Wildman–Crippen LogP) is 3.98. The number of para-hydroxylation sites is 1. The molecule has 0 saturated heterocycles. The number of benzene rings is 1. The number of ether oxygens (including phenoxy) is 1. The molecule has 25 heavy (non-hydrogen) atoms. The number of aryl methyl sites for hydroxylation is 2. The summed E-state index contributed by atoms with van der Waals surface area (Å²) in [6.45, 7) is -0.0639. The van der Waals surface area contributed by atoms with Gasteiger partial charge in [-0.25, -0.2) is 9.97 Å². The largest absolute Gasteiger partial charge is 0.467 e. The molecule has 0 atom stereocenters. The smallest absolute Gasteiger partial charge is 0.262 e. The van der Waals surface area contributed by atoms with E-state index in [1.165, 1.54) is 36.0 Å². The summed E-state index contributed by atoms with van der Waals surface area (Å²) in [5.74, 6) is 0.326. The van der Waals surface area contributed by atoms with Crippen molar-refractivity contribution in [2.75, 3.05) is 11.9 Å². The highest BCUT2D eigenvalue weighted by molar-refractivity contribution is 7.18. The number of amides is 1. The number of nitrogens with zero attached hydrogens (tertiary/aromatic N) is 2. The SMILES string of the molecule is O=C(COc1ncnc2sc3c(c12)CCCCC3)Nc1ccccc1. The fourth-order valence-corrected chi connectivity index (χ4v) is 4.42. The van der Waals surface area contributed by atoms with E-state index in [0.29, 0.717) is 5.88 Å². The molecule has 1 N–H and O–H groups in total. The zero-order chi connectivity index (χ0) is 17.1. The lowest BCUT2D eigenvalue weighted by molar-refractivity contribution is -0.118. The van der Waals surface area contributed by atoms with Gasteiger partial charge in [0.25, 0.3) is 5.91 Å². The zero-order valence-corrected chi connectivity index (χ0v) is 14.6. The second kappa shape index (κ2) is 7.19. The van der Waals surface area contributed by atoms with E-state index in [1.54, 1.807) is 11.3 Å². The highest BCUT2D eigenvalue weighted by Crippen LogP contribution is 2.38. The monoisotopic (exact) mass is 353 g/mol. The molecule has 0 saturated carbocycles.